The van der Waals surface area contributed by atoms with Crippen LogP contribution in [0.15, 0.2) is 18.2 Å². The van der Waals surface area contributed by atoms with Crippen molar-refractivity contribution in [1.29, 1.82) is 0 Å². The van der Waals surface area contributed by atoms with Crippen LogP contribution in [0.2, 0.25) is 0 Å². The van der Waals surface area contributed by atoms with Gasteiger partial charge in [-0.2, -0.15) is 0 Å². The van der Waals surface area contributed by atoms with Crippen LogP contribution in [0.5, 0.6) is 0 Å². The van der Waals surface area contributed by atoms with E-state index in [0.717, 1.165) is 30.5 Å². The number of nitrogens with two attached hydrogens (primary N) is 1. The Morgan fingerprint density at radius 2 is 2.18 bits per heavy atom. The van der Waals surface area contributed by atoms with Crippen molar-refractivity contribution < 1.29 is 4.79 Å². The second-order valence-corrected chi connectivity index (χ2v) is 4.97. The Balaban J connectivity index is 2.18. The molecule has 0 saturated carbocycles. The quantitative estimate of drug-likeness (QED) is 0.803. The lowest BCUT2D eigenvalue weighted by atomic mass is 10.0. The Kier molecular flexibility index (Phi) is 3.48. The zero-order valence-electron chi connectivity index (χ0n) is 10.6. The fraction of sp³-hybridized carbons (Fsp3) is 0.500. The van der Waals surface area contributed by atoms with E-state index in [2.05, 4.69) is 6.07 Å². The first-order valence-electron chi connectivity index (χ1n) is 6.20. The van der Waals surface area contributed by atoms with E-state index < -0.39 is 0 Å². The summed E-state index contributed by atoms with van der Waals surface area (Å²) in [6.07, 6.45) is 2.04. The number of nitrogens with zero attached hydrogens (tertiary/aromatic N) is 1. The molecular formula is C14H20N2O. The molecule has 3 heteroatoms. The third-order valence-electron chi connectivity index (χ3n) is 3.36. The van der Waals surface area contributed by atoms with E-state index in [9.17, 15) is 4.79 Å². The average molecular weight is 232 g/mol. The normalized spacial score (nSPS) is 20.4. The molecule has 3 nitrogen and oxygen atoms in total. The number of piperidine rings is 1. The van der Waals surface area contributed by atoms with Crippen LogP contribution in [-0.4, -0.2) is 29.9 Å². The van der Waals surface area contributed by atoms with Crippen molar-refractivity contribution in [2.75, 3.05) is 13.1 Å². The summed E-state index contributed by atoms with van der Waals surface area (Å²) in [5.41, 5.74) is 8.96. The molecule has 1 aliphatic rings. The van der Waals surface area contributed by atoms with E-state index in [0.29, 0.717) is 6.54 Å². The van der Waals surface area contributed by atoms with E-state index >= 15 is 0 Å². The molecule has 0 aromatic heterocycles. The molecular weight excluding hydrogens is 212 g/mol. The van der Waals surface area contributed by atoms with Crippen LogP contribution >= 0.6 is 0 Å². The summed E-state index contributed by atoms with van der Waals surface area (Å²) < 4.78 is 0. The number of hydrogen-bond acceptors (Lipinski definition) is 2. The van der Waals surface area contributed by atoms with E-state index in [4.69, 9.17) is 5.73 Å². The van der Waals surface area contributed by atoms with E-state index in [1.54, 1.807) is 0 Å². The first-order valence-corrected chi connectivity index (χ1v) is 6.20. The molecule has 1 aromatic rings. The average Bonchev–Trinajstić information content (AvgIpc) is 2.28. The van der Waals surface area contributed by atoms with Crippen molar-refractivity contribution in [2.45, 2.75) is 32.7 Å². The number of aryl methyl sites for hydroxylation is 2. The van der Waals surface area contributed by atoms with Crippen LogP contribution in [-0.2, 0) is 0 Å². The van der Waals surface area contributed by atoms with E-state index in [-0.39, 0.29) is 11.9 Å². The molecule has 1 heterocycles. The SMILES string of the molecule is Cc1ccc(C(=O)N2CCCC(N)C2)c(C)c1. The summed E-state index contributed by atoms with van der Waals surface area (Å²) in [6.45, 7) is 5.55. The number of benzene rings is 1. The first kappa shape index (κ1) is 12.1. The number of carbonyl (C=O) groups excluding carboxylic acids is 1. The Morgan fingerprint density at radius 1 is 1.41 bits per heavy atom. The Morgan fingerprint density at radius 3 is 2.82 bits per heavy atom. The maximum Gasteiger partial charge on any atom is 0.254 e. The van der Waals surface area contributed by atoms with Crippen molar-refractivity contribution in [2.24, 2.45) is 5.73 Å². The van der Waals surface area contributed by atoms with Gasteiger partial charge in [0.2, 0.25) is 0 Å². The summed E-state index contributed by atoms with van der Waals surface area (Å²) >= 11 is 0. The van der Waals surface area contributed by atoms with Gasteiger partial charge in [0, 0.05) is 24.7 Å². The van der Waals surface area contributed by atoms with Crippen LogP contribution in [0, 0.1) is 13.8 Å². The Hall–Kier alpha value is -1.35. The molecule has 17 heavy (non-hydrogen) atoms. The highest BCUT2D eigenvalue weighted by Gasteiger charge is 2.23. The van der Waals surface area contributed by atoms with Gasteiger partial charge < -0.3 is 10.6 Å². The van der Waals surface area contributed by atoms with Gasteiger partial charge in [-0.15, -0.1) is 0 Å². The minimum Gasteiger partial charge on any atom is -0.337 e. The third kappa shape index (κ3) is 2.67. The van der Waals surface area contributed by atoms with Crippen LogP contribution in [0.4, 0.5) is 0 Å². The van der Waals surface area contributed by atoms with Gasteiger partial charge in [0.15, 0.2) is 0 Å². The predicted octanol–water partition coefficient (Wildman–Crippen LogP) is 1.87. The van der Waals surface area contributed by atoms with Crippen LogP contribution in [0.3, 0.4) is 0 Å². The molecule has 0 bridgehead atoms. The van der Waals surface area contributed by atoms with Gasteiger partial charge in [0.1, 0.15) is 0 Å². The topological polar surface area (TPSA) is 46.3 Å². The van der Waals surface area contributed by atoms with E-state index in [1.165, 1.54) is 5.56 Å². The Bertz CT molecular complexity index is 428. The fourth-order valence-electron chi connectivity index (χ4n) is 2.42. The number of carbonyl (C=O) groups is 1. The summed E-state index contributed by atoms with van der Waals surface area (Å²) in [5.74, 6) is 0.123. The molecule has 2 N–H and O–H groups in total. The molecule has 0 radical (unpaired) electrons. The standard InChI is InChI=1S/C14H20N2O/c1-10-5-6-13(11(2)8-10)14(17)16-7-3-4-12(15)9-16/h5-6,8,12H,3-4,7,9,15H2,1-2H3. The minimum absolute atomic E-state index is 0.123. The smallest absolute Gasteiger partial charge is 0.254 e. The van der Waals surface area contributed by atoms with Crippen molar-refractivity contribution >= 4 is 5.91 Å². The molecule has 1 fully saturated rings. The number of amides is 1. The van der Waals surface area contributed by atoms with Crippen LogP contribution in [0.1, 0.15) is 34.3 Å². The van der Waals surface area contributed by atoms with Gasteiger partial charge in [-0.1, -0.05) is 17.7 Å². The fourth-order valence-corrected chi connectivity index (χ4v) is 2.42. The van der Waals surface area contributed by atoms with Crippen molar-refractivity contribution in [3.8, 4) is 0 Å². The molecule has 2 rings (SSSR count). The molecule has 1 aliphatic heterocycles. The lowest BCUT2D eigenvalue weighted by molar-refractivity contribution is 0.0708. The number of likely N-dealkylation sites (tertiary alicyclic amines) is 1. The van der Waals surface area contributed by atoms with Gasteiger partial charge in [-0.05, 0) is 38.3 Å². The zero-order chi connectivity index (χ0) is 12.4. The molecule has 1 aromatic carbocycles. The van der Waals surface area contributed by atoms with Crippen molar-refractivity contribution in [3.05, 3.63) is 34.9 Å². The summed E-state index contributed by atoms with van der Waals surface area (Å²) in [4.78, 5) is 14.2. The van der Waals surface area contributed by atoms with Crippen LogP contribution in [0.25, 0.3) is 0 Å². The van der Waals surface area contributed by atoms with Gasteiger partial charge in [0.25, 0.3) is 5.91 Å². The lowest BCUT2D eigenvalue weighted by Crippen LogP contribution is -2.45. The van der Waals surface area contributed by atoms with Gasteiger partial charge in [-0.25, -0.2) is 0 Å². The monoisotopic (exact) mass is 232 g/mol. The van der Waals surface area contributed by atoms with Crippen LogP contribution < -0.4 is 5.73 Å². The van der Waals surface area contributed by atoms with Crippen molar-refractivity contribution in [3.63, 3.8) is 0 Å². The first-order chi connectivity index (χ1) is 8.08. The summed E-state index contributed by atoms with van der Waals surface area (Å²) in [5, 5.41) is 0. The lowest BCUT2D eigenvalue weighted by Gasteiger charge is -2.31. The molecule has 92 valence electrons. The largest absolute Gasteiger partial charge is 0.337 e. The molecule has 1 unspecified atom stereocenters. The second-order valence-electron chi connectivity index (χ2n) is 4.97. The van der Waals surface area contributed by atoms with Gasteiger partial charge >= 0.3 is 0 Å². The summed E-state index contributed by atoms with van der Waals surface area (Å²) in [7, 11) is 0. The predicted molar refractivity (Wildman–Crippen MR) is 69.0 cm³/mol. The Labute approximate surface area is 103 Å². The minimum atomic E-state index is 0.123. The molecule has 1 amide bonds. The maximum absolute atomic E-state index is 12.3. The highest BCUT2D eigenvalue weighted by Crippen LogP contribution is 2.16. The second kappa shape index (κ2) is 4.88. The van der Waals surface area contributed by atoms with Gasteiger partial charge in [0.05, 0.1) is 0 Å². The number of rotatable bonds is 1. The van der Waals surface area contributed by atoms with E-state index in [1.807, 2.05) is 30.9 Å². The van der Waals surface area contributed by atoms with Gasteiger partial charge in [-0.3, -0.25) is 4.79 Å². The molecule has 0 spiro atoms. The third-order valence-corrected chi connectivity index (χ3v) is 3.36. The molecule has 1 saturated heterocycles. The molecule has 1 atom stereocenters. The zero-order valence-corrected chi connectivity index (χ0v) is 10.6. The molecule has 0 aliphatic carbocycles. The highest BCUT2D eigenvalue weighted by molar-refractivity contribution is 5.95. The highest BCUT2D eigenvalue weighted by atomic mass is 16.2. The number of hydrogen-bond donors (Lipinski definition) is 1. The van der Waals surface area contributed by atoms with Crippen molar-refractivity contribution in [1.82, 2.24) is 4.90 Å². The summed E-state index contributed by atoms with van der Waals surface area (Å²) in [6, 6.07) is 6.10. The maximum atomic E-state index is 12.3.